The summed E-state index contributed by atoms with van der Waals surface area (Å²) in [6.07, 6.45) is 3.11. The van der Waals surface area contributed by atoms with Crippen molar-refractivity contribution in [3.05, 3.63) is 70.8 Å². The van der Waals surface area contributed by atoms with E-state index in [0.29, 0.717) is 23.4 Å². The van der Waals surface area contributed by atoms with Gasteiger partial charge in [-0.15, -0.1) is 10.2 Å². The van der Waals surface area contributed by atoms with Crippen molar-refractivity contribution in [2.24, 2.45) is 0 Å². The molecule has 4 rings (SSSR count). The summed E-state index contributed by atoms with van der Waals surface area (Å²) in [6.45, 7) is 9.08. The molecule has 0 atom stereocenters. The van der Waals surface area contributed by atoms with Crippen LogP contribution in [0.3, 0.4) is 0 Å². The summed E-state index contributed by atoms with van der Waals surface area (Å²) in [4.78, 5) is 12.8. The highest BCUT2D eigenvalue weighted by atomic mass is 32.2. The fourth-order valence-corrected chi connectivity index (χ4v) is 5.35. The number of nitrogens with one attached hydrogen (secondary N) is 2. The molecule has 1 aromatic heterocycles. The second-order valence-electron chi connectivity index (χ2n) is 9.74. The van der Waals surface area contributed by atoms with Crippen molar-refractivity contribution in [1.82, 2.24) is 20.1 Å². The number of sulfonamides is 1. The Balaban J connectivity index is 1.43. The summed E-state index contributed by atoms with van der Waals surface area (Å²) in [5.41, 5.74) is 2.28. The quantitative estimate of drug-likeness (QED) is 0.555. The molecule has 0 saturated carbocycles. The molecule has 2 heterocycles. The number of benzene rings is 2. The van der Waals surface area contributed by atoms with E-state index >= 15 is 0 Å². The summed E-state index contributed by atoms with van der Waals surface area (Å²) in [5, 5.41) is 11.3. The fourth-order valence-electron chi connectivity index (χ4n) is 4.02. The Morgan fingerprint density at radius 2 is 1.79 bits per heavy atom. The summed E-state index contributed by atoms with van der Waals surface area (Å²) in [5.74, 6) is 1.46. The van der Waals surface area contributed by atoms with Crippen LogP contribution in [-0.2, 0) is 34.9 Å². The highest BCUT2D eigenvalue weighted by Gasteiger charge is 2.22. The van der Waals surface area contributed by atoms with Crippen LogP contribution in [-0.4, -0.2) is 29.1 Å². The Labute approximate surface area is 200 Å². The predicted molar refractivity (Wildman–Crippen MR) is 131 cm³/mol. The summed E-state index contributed by atoms with van der Waals surface area (Å²) in [7, 11) is -3.78. The lowest BCUT2D eigenvalue weighted by Gasteiger charge is -2.21. The zero-order valence-corrected chi connectivity index (χ0v) is 20.9. The van der Waals surface area contributed by atoms with Gasteiger partial charge in [0.2, 0.25) is 0 Å². The van der Waals surface area contributed by atoms with Gasteiger partial charge >= 0.3 is 0 Å². The van der Waals surface area contributed by atoms with Crippen LogP contribution in [0.1, 0.15) is 66.7 Å². The first-order chi connectivity index (χ1) is 16.0. The smallest absolute Gasteiger partial charge is 0.262 e. The maximum Gasteiger partial charge on any atom is 0.262 e. The van der Waals surface area contributed by atoms with Crippen molar-refractivity contribution in [1.29, 1.82) is 0 Å². The van der Waals surface area contributed by atoms with Crippen molar-refractivity contribution in [2.75, 3.05) is 4.72 Å². The molecule has 1 aliphatic rings. The number of aromatic nitrogens is 3. The molecule has 2 aromatic carbocycles. The van der Waals surface area contributed by atoms with Crippen LogP contribution < -0.4 is 10.0 Å². The number of carbonyl (C=O) groups excluding carboxylic acids is 1. The van der Waals surface area contributed by atoms with Gasteiger partial charge in [0.25, 0.3) is 15.9 Å². The molecule has 2 N–H and O–H groups in total. The normalized spacial score (nSPS) is 13.9. The van der Waals surface area contributed by atoms with Crippen LogP contribution in [0.5, 0.6) is 0 Å². The van der Waals surface area contributed by atoms with Crippen molar-refractivity contribution in [3.8, 4) is 0 Å². The number of aryl methyl sites for hydroxylation is 2. The summed E-state index contributed by atoms with van der Waals surface area (Å²) >= 11 is 0. The third kappa shape index (κ3) is 5.14. The van der Waals surface area contributed by atoms with Crippen molar-refractivity contribution in [2.45, 2.75) is 70.4 Å². The minimum atomic E-state index is -3.78. The first kappa shape index (κ1) is 23.9. The van der Waals surface area contributed by atoms with E-state index in [0.717, 1.165) is 43.0 Å². The molecule has 0 unspecified atom stereocenters. The van der Waals surface area contributed by atoms with E-state index in [1.54, 1.807) is 37.3 Å². The molecule has 34 heavy (non-hydrogen) atoms. The number of carbonyl (C=O) groups is 1. The van der Waals surface area contributed by atoms with Gasteiger partial charge in [0.1, 0.15) is 5.82 Å². The van der Waals surface area contributed by atoms with Crippen LogP contribution in [0.2, 0.25) is 0 Å². The number of nitrogens with zero attached hydrogens (tertiary/aromatic N) is 3. The van der Waals surface area contributed by atoms with Crippen LogP contribution in [0.25, 0.3) is 0 Å². The molecule has 180 valence electrons. The maximum absolute atomic E-state index is 13.1. The van der Waals surface area contributed by atoms with Gasteiger partial charge in [0, 0.05) is 24.2 Å². The van der Waals surface area contributed by atoms with Gasteiger partial charge < -0.3 is 9.88 Å². The molecule has 9 heteroatoms. The minimum absolute atomic E-state index is 0.168. The first-order valence-electron chi connectivity index (χ1n) is 11.5. The number of hydrogen-bond acceptors (Lipinski definition) is 5. The van der Waals surface area contributed by atoms with Gasteiger partial charge in [0.15, 0.2) is 5.82 Å². The highest BCUT2D eigenvalue weighted by molar-refractivity contribution is 7.92. The number of hydrogen-bond donors (Lipinski definition) is 2. The van der Waals surface area contributed by atoms with E-state index in [-0.39, 0.29) is 16.2 Å². The average molecular weight is 482 g/mol. The van der Waals surface area contributed by atoms with E-state index in [9.17, 15) is 13.2 Å². The topological polar surface area (TPSA) is 106 Å². The Hall–Kier alpha value is -3.20. The Kier molecular flexibility index (Phi) is 6.49. The van der Waals surface area contributed by atoms with Gasteiger partial charge in [0.05, 0.1) is 11.4 Å². The molecule has 0 spiro atoms. The van der Waals surface area contributed by atoms with E-state index in [1.807, 2.05) is 32.9 Å². The van der Waals surface area contributed by atoms with Gasteiger partial charge in [-0.25, -0.2) is 8.42 Å². The lowest BCUT2D eigenvalue weighted by atomic mass is 9.87. The molecular weight excluding hydrogens is 450 g/mol. The fraction of sp³-hybridized carbons (Fsp3) is 0.400. The predicted octanol–water partition coefficient (Wildman–Crippen LogP) is 3.95. The highest BCUT2D eigenvalue weighted by Crippen LogP contribution is 2.28. The number of rotatable bonds is 6. The monoisotopic (exact) mass is 481 g/mol. The second-order valence-corrected chi connectivity index (χ2v) is 11.4. The summed E-state index contributed by atoms with van der Waals surface area (Å²) in [6, 6.07) is 11.9. The van der Waals surface area contributed by atoms with Gasteiger partial charge in [-0.1, -0.05) is 32.9 Å². The Morgan fingerprint density at radius 1 is 1.06 bits per heavy atom. The molecule has 0 radical (unpaired) electrons. The molecule has 1 aliphatic heterocycles. The zero-order chi connectivity index (χ0) is 24.5. The number of anilines is 1. The molecule has 1 amide bonds. The lowest BCUT2D eigenvalue weighted by Crippen LogP contribution is -2.25. The van der Waals surface area contributed by atoms with Crippen molar-refractivity contribution in [3.63, 3.8) is 0 Å². The Morgan fingerprint density at radius 3 is 2.50 bits per heavy atom. The largest absolute Gasteiger partial charge is 0.345 e. The van der Waals surface area contributed by atoms with Gasteiger partial charge in [-0.05, 0) is 66.6 Å². The molecule has 3 aromatic rings. The van der Waals surface area contributed by atoms with E-state index in [1.165, 1.54) is 0 Å². The standard InChI is InChI=1S/C25H31N5O3S/c1-17-8-11-19(25(2,3)4)15-21(17)34(32,33)29-20-12-9-18(10-13-20)24(31)26-16-23-28-27-22-7-5-6-14-30(22)23/h8-13,15,29H,5-7,14,16H2,1-4H3,(H,26,31). The molecule has 0 saturated heterocycles. The zero-order valence-electron chi connectivity index (χ0n) is 20.1. The minimum Gasteiger partial charge on any atom is -0.345 e. The molecule has 0 fully saturated rings. The van der Waals surface area contributed by atoms with E-state index in [2.05, 4.69) is 24.8 Å². The van der Waals surface area contributed by atoms with Gasteiger partial charge in [-0.3, -0.25) is 9.52 Å². The first-order valence-corrected chi connectivity index (χ1v) is 13.0. The molecular formula is C25H31N5O3S. The number of fused-ring (bicyclic) bond motifs is 1. The second kappa shape index (κ2) is 9.21. The van der Waals surface area contributed by atoms with Crippen LogP contribution in [0.4, 0.5) is 5.69 Å². The molecule has 8 nitrogen and oxygen atoms in total. The SMILES string of the molecule is Cc1ccc(C(C)(C)C)cc1S(=O)(=O)Nc1ccc(C(=O)NCc2nnc3n2CCCC3)cc1. The third-order valence-electron chi connectivity index (χ3n) is 6.09. The molecule has 0 bridgehead atoms. The van der Waals surface area contributed by atoms with E-state index < -0.39 is 10.0 Å². The Bertz CT molecular complexity index is 1310. The van der Waals surface area contributed by atoms with Crippen LogP contribution in [0.15, 0.2) is 47.4 Å². The van der Waals surface area contributed by atoms with Crippen molar-refractivity contribution >= 4 is 21.6 Å². The van der Waals surface area contributed by atoms with Crippen molar-refractivity contribution < 1.29 is 13.2 Å². The van der Waals surface area contributed by atoms with Gasteiger partial charge in [-0.2, -0.15) is 0 Å². The molecule has 0 aliphatic carbocycles. The average Bonchev–Trinajstić information content (AvgIpc) is 3.20. The third-order valence-corrected chi connectivity index (χ3v) is 7.61. The maximum atomic E-state index is 13.1. The lowest BCUT2D eigenvalue weighted by molar-refractivity contribution is 0.0949. The van der Waals surface area contributed by atoms with Crippen LogP contribution in [0, 0.1) is 6.92 Å². The van der Waals surface area contributed by atoms with E-state index in [4.69, 9.17) is 0 Å². The number of amides is 1. The van der Waals surface area contributed by atoms with Crippen LogP contribution >= 0.6 is 0 Å². The summed E-state index contributed by atoms with van der Waals surface area (Å²) < 4.78 is 30.8.